The number of methoxy groups -OCH3 is 1. The zero-order valence-corrected chi connectivity index (χ0v) is 17.5. The van der Waals surface area contributed by atoms with Gasteiger partial charge in [0.2, 0.25) is 0 Å². The van der Waals surface area contributed by atoms with Crippen LogP contribution in [0.2, 0.25) is 0 Å². The van der Waals surface area contributed by atoms with E-state index in [1.54, 1.807) is 7.11 Å². The molecular formula is C23H37N3O. The van der Waals surface area contributed by atoms with E-state index >= 15 is 0 Å². The molecule has 150 valence electrons. The predicted octanol–water partition coefficient (Wildman–Crippen LogP) is 3.61. The van der Waals surface area contributed by atoms with E-state index in [1.165, 1.54) is 63.8 Å². The maximum atomic E-state index is 5.31. The molecule has 0 radical (unpaired) electrons. The Balaban J connectivity index is 1.42. The van der Waals surface area contributed by atoms with Gasteiger partial charge in [-0.3, -0.25) is 14.7 Å². The Labute approximate surface area is 165 Å². The van der Waals surface area contributed by atoms with Gasteiger partial charge in [-0.05, 0) is 44.4 Å². The van der Waals surface area contributed by atoms with Gasteiger partial charge in [0.25, 0.3) is 0 Å². The van der Waals surface area contributed by atoms with Crippen LogP contribution >= 0.6 is 0 Å². The summed E-state index contributed by atoms with van der Waals surface area (Å²) in [5.74, 6) is 0.944. The zero-order valence-electron chi connectivity index (χ0n) is 17.5. The Bertz CT molecular complexity index is 609. The summed E-state index contributed by atoms with van der Waals surface area (Å²) in [6, 6.07) is 10.1. The molecule has 0 amide bonds. The third kappa shape index (κ3) is 4.33. The quantitative estimate of drug-likeness (QED) is 0.805. The summed E-state index contributed by atoms with van der Waals surface area (Å²) >= 11 is 0. The van der Waals surface area contributed by atoms with Gasteiger partial charge in [0.1, 0.15) is 5.75 Å². The highest BCUT2D eigenvalue weighted by Crippen LogP contribution is 2.32. The van der Waals surface area contributed by atoms with Gasteiger partial charge in [0.15, 0.2) is 0 Å². The standard InChI is InChI=1S/C23H37N3O/c1-23(2)18-24(15-19-9-11-22(27-3)12-10-19)16-21-17-25(13-14-26(21)23)20-7-5-4-6-8-20/h9-12,20-21H,4-8,13-18H2,1-3H3. The van der Waals surface area contributed by atoms with Crippen molar-refractivity contribution in [2.75, 3.05) is 39.8 Å². The van der Waals surface area contributed by atoms with Gasteiger partial charge in [-0.1, -0.05) is 31.4 Å². The van der Waals surface area contributed by atoms with Crippen molar-refractivity contribution in [2.24, 2.45) is 0 Å². The smallest absolute Gasteiger partial charge is 0.118 e. The molecule has 2 heterocycles. The summed E-state index contributed by atoms with van der Waals surface area (Å²) in [6.45, 7) is 12.0. The Morgan fingerprint density at radius 2 is 1.70 bits per heavy atom. The number of ether oxygens (including phenoxy) is 1. The predicted molar refractivity (Wildman–Crippen MR) is 111 cm³/mol. The van der Waals surface area contributed by atoms with Gasteiger partial charge < -0.3 is 4.74 Å². The molecule has 4 heteroatoms. The molecular weight excluding hydrogens is 334 g/mol. The largest absolute Gasteiger partial charge is 0.497 e. The van der Waals surface area contributed by atoms with Crippen LogP contribution in [0.4, 0.5) is 0 Å². The van der Waals surface area contributed by atoms with Crippen molar-refractivity contribution >= 4 is 0 Å². The summed E-state index contributed by atoms with van der Waals surface area (Å²) < 4.78 is 5.31. The molecule has 1 saturated carbocycles. The van der Waals surface area contributed by atoms with Crippen molar-refractivity contribution in [1.82, 2.24) is 14.7 Å². The van der Waals surface area contributed by atoms with Gasteiger partial charge >= 0.3 is 0 Å². The summed E-state index contributed by atoms with van der Waals surface area (Å²) in [7, 11) is 1.73. The van der Waals surface area contributed by atoms with Crippen LogP contribution in [0.3, 0.4) is 0 Å². The van der Waals surface area contributed by atoms with E-state index in [0.717, 1.165) is 24.9 Å². The monoisotopic (exact) mass is 371 g/mol. The van der Waals surface area contributed by atoms with Crippen molar-refractivity contribution in [3.05, 3.63) is 29.8 Å². The second kappa shape index (κ2) is 8.10. The van der Waals surface area contributed by atoms with Gasteiger partial charge in [-0.2, -0.15) is 0 Å². The molecule has 1 unspecified atom stereocenters. The lowest BCUT2D eigenvalue weighted by Crippen LogP contribution is -2.70. The fourth-order valence-electron chi connectivity index (χ4n) is 5.72. The number of fused-ring (bicyclic) bond motifs is 1. The van der Waals surface area contributed by atoms with Crippen LogP contribution in [-0.4, -0.2) is 72.2 Å². The fraction of sp³-hybridized carbons (Fsp3) is 0.739. The van der Waals surface area contributed by atoms with Crippen molar-refractivity contribution in [3.8, 4) is 5.75 Å². The van der Waals surface area contributed by atoms with Crippen LogP contribution in [0.15, 0.2) is 24.3 Å². The number of piperazine rings is 2. The molecule has 0 spiro atoms. The Kier molecular flexibility index (Phi) is 5.77. The van der Waals surface area contributed by atoms with Crippen molar-refractivity contribution in [3.63, 3.8) is 0 Å². The van der Waals surface area contributed by atoms with E-state index in [9.17, 15) is 0 Å². The molecule has 3 fully saturated rings. The molecule has 0 N–H and O–H groups in total. The lowest BCUT2D eigenvalue weighted by Gasteiger charge is -2.56. The molecule has 4 nitrogen and oxygen atoms in total. The van der Waals surface area contributed by atoms with E-state index in [-0.39, 0.29) is 5.54 Å². The molecule has 3 aliphatic rings. The second-order valence-electron chi connectivity index (χ2n) is 9.46. The van der Waals surface area contributed by atoms with Crippen molar-refractivity contribution < 1.29 is 4.74 Å². The molecule has 0 bridgehead atoms. The SMILES string of the molecule is COc1ccc(CN2CC3CN(C4CCCCC4)CCN3C(C)(C)C2)cc1. The molecule has 27 heavy (non-hydrogen) atoms. The van der Waals surface area contributed by atoms with Gasteiger partial charge in [-0.25, -0.2) is 0 Å². The molecule has 1 aliphatic carbocycles. The third-order valence-corrected chi connectivity index (χ3v) is 7.03. The van der Waals surface area contributed by atoms with E-state index in [2.05, 4.69) is 52.8 Å². The van der Waals surface area contributed by atoms with Crippen molar-refractivity contribution in [1.29, 1.82) is 0 Å². The van der Waals surface area contributed by atoms with Gasteiger partial charge in [-0.15, -0.1) is 0 Å². The molecule has 2 saturated heterocycles. The van der Waals surface area contributed by atoms with E-state index < -0.39 is 0 Å². The molecule has 1 aromatic carbocycles. The van der Waals surface area contributed by atoms with Crippen LogP contribution in [0.25, 0.3) is 0 Å². The Morgan fingerprint density at radius 3 is 2.41 bits per heavy atom. The van der Waals surface area contributed by atoms with Crippen LogP contribution in [-0.2, 0) is 6.54 Å². The maximum absolute atomic E-state index is 5.31. The first-order valence-corrected chi connectivity index (χ1v) is 10.9. The first-order chi connectivity index (χ1) is 13.0. The number of hydrogen-bond donors (Lipinski definition) is 0. The summed E-state index contributed by atoms with van der Waals surface area (Å²) in [5, 5.41) is 0. The Hall–Kier alpha value is -1.10. The van der Waals surface area contributed by atoms with Crippen LogP contribution < -0.4 is 4.74 Å². The fourth-order valence-corrected chi connectivity index (χ4v) is 5.72. The lowest BCUT2D eigenvalue weighted by molar-refractivity contribution is -0.0770. The average molecular weight is 372 g/mol. The minimum Gasteiger partial charge on any atom is -0.497 e. The lowest BCUT2D eigenvalue weighted by atomic mass is 9.89. The summed E-state index contributed by atoms with van der Waals surface area (Å²) in [4.78, 5) is 8.30. The first-order valence-electron chi connectivity index (χ1n) is 10.9. The van der Waals surface area contributed by atoms with E-state index in [0.29, 0.717) is 6.04 Å². The number of hydrogen-bond acceptors (Lipinski definition) is 4. The van der Waals surface area contributed by atoms with Gasteiger partial charge in [0, 0.05) is 56.9 Å². The molecule has 1 atom stereocenters. The maximum Gasteiger partial charge on any atom is 0.118 e. The highest BCUT2D eigenvalue weighted by atomic mass is 16.5. The summed E-state index contributed by atoms with van der Waals surface area (Å²) in [6.07, 6.45) is 7.16. The highest BCUT2D eigenvalue weighted by molar-refractivity contribution is 5.27. The van der Waals surface area contributed by atoms with Crippen LogP contribution in [0, 0.1) is 0 Å². The minimum atomic E-state index is 0.258. The molecule has 0 aromatic heterocycles. The first kappa shape index (κ1) is 19.2. The second-order valence-corrected chi connectivity index (χ2v) is 9.46. The Morgan fingerprint density at radius 1 is 0.963 bits per heavy atom. The number of benzene rings is 1. The minimum absolute atomic E-state index is 0.258. The zero-order chi connectivity index (χ0) is 18.9. The normalized spacial score (nSPS) is 28.0. The van der Waals surface area contributed by atoms with Gasteiger partial charge in [0.05, 0.1) is 7.11 Å². The highest BCUT2D eigenvalue weighted by Gasteiger charge is 2.43. The van der Waals surface area contributed by atoms with E-state index in [4.69, 9.17) is 4.74 Å². The molecule has 4 rings (SSSR count). The molecule has 1 aromatic rings. The van der Waals surface area contributed by atoms with E-state index in [1.807, 2.05) is 0 Å². The number of rotatable bonds is 4. The van der Waals surface area contributed by atoms with Crippen LogP contribution in [0.1, 0.15) is 51.5 Å². The number of nitrogens with zero attached hydrogens (tertiary/aromatic N) is 3. The van der Waals surface area contributed by atoms with Crippen LogP contribution in [0.5, 0.6) is 5.75 Å². The third-order valence-electron chi connectivity index (χ3n) is 7.03. The van der Waals surface area contributed by atoms with Crippen molar-refractivity contribution in [2.45, 2.75) is 70.1 Å². The topological polar surface area (TPSA) is 19.0 Å². The summed E-state index contributed by atoms with van der Waals surface area (Å²) in [5.41, 5.74) is 1.65. The molecule has 2 aliphatic heterocycles. The average Bonchev–Trinajstić information content (AvgIpc) is 2.68.